The number of hydrogen-bond acceptors (Lipinski definition) is 6. The number of likely N-dealkylation sites (N-methyl/N-ethyl adjacent to an activating group) is 1. The number of likely N-dealkylation sites (tertiary alicyclic amines) is 1. The molecule has 2 heterocycles. The number of hydrogen-bond donors (Lipinski definition) is 1. The molecule has 1 aliphatic rings. The van der Waals surface area contributed by atoms with Crippen molar-refractivity contribution >= 4 is 0 Å². The lowest BCUT2D eigenvalue weighted by Crippen LogP contribution is -2.35. The number of halogens is 1. The van der Waals surface area contributed by atoms with Crippen molar-refractivity contribution in [3.8, 4) is 0 Å². The summed E-state index contributed by atoms with van der Waals surface area (Å²) in [4.78, 5) is 8.72. The van der Waals surface area contributed by atoms with E-state index in [1.807, 2.05) is 14.0 Å². The minimum absolute atomic E-state index is 0.355. The number of rotatable bonds is 7. The molecule has 0 bridgehead atoms. The molecule has 136 valence electrons. The van der Waals surface area contributed by atoms with Crippen LogP contribution in [0, 0.1) is 5.82 Å². The lowest BCUT2D eigenvalue weighted by atomic mass is 10.1. The Labute approximate surface area is 147 Å². The van der Waals surface area contributed by atoms with Gasteiger partial charge in [0.2, 0.25) is 5.89 Å². The van der Waals surface area contributed by atoms with Crippen LogP contribution in [0.2, 0.25) is 0 Å². The van der Waals surface area contributed by atoms with Crippen LogP contribution in [0.5, 0.6) is 0 Å². The second-order valence-corrected chi connectivity index (χ2v) is 6.61. The zero-order chi connectivity index (χ0) is 17.8. The summed E-state index contributed by atoms with van der Waals surface area (Å²) in [5.74, 6) is 1.00. The number of aliphatic hydroxyl groups is 1. The number of aliphatic hydroxyl groups excluding tert-OH is 1. The molecule has 25 heavy (non-hydrogen) atoms. The van der Waals surface area contributed by atoms with Crippen LogP contribution in [0.25, 0.3) is 0 Å². The Morgan fingerprint density at radius 1 is 1.44 bits per heavy atom. The van der Waals surface area contributed by atoms with Crippen LogP contribution in [-0.2, 0) is 13.0 Å². The van der Waals surface area contributed by atoms with Gasteiger partial charge in [0.05, 0.1) is 12.6 Å². The van der Waals surface area contributed by atoms with Crippen molar-refractivity contribution in [3.05, 3.63) is 47.4 Å². The smallest absolute Gasteiger partial charge is 0.226 e. The lowest BCUT2D eigenvalue weighted by Gasteiger charge is -2.24. The van der Waals surface area contributed by atoms with Gasteiger partial charge in [0.25, 0.3) is 0 Å². The molecule has 2 atom stereocenters. The quantitative estimate of drug-likeness (QED) is 0.826. The number of β-amino-alcohol motifs (C(OH)–C–C–N with tert-alkyl or cyclic N) is 1. The summed E-state index contributed by atoms with van der Waals surface area (Å²) < 4.78 is 18.9. The Morgan fingerprint density at radius 3 is 2.96 bits per heavy atom. The topological polar surface area (TPSA) is 65.6 Å². The normalized spacial score (nSPS) is 19.6. The highest BCUT2D eigenvalue weighted by atomic mass is 19.1. The first-order valence-corrected chi connectivity index (χ1v) is 8.73. The van der Waals surface area contributed by atoms with E-state index in [4.69, 9.17) is 4.52 Å². The average Bonchev–Trinajstić information content (AvgIpc) is 3.24. The molecule has 1 fully saturated rings. The maximum atomic E-state index is 13.8. The van der Waals surface area contributed by atoms with Crippen molar-refractivity contribution in [2.75, 3.05) is 26.7 Å². The number of aromatic nitrogens is 2. The molecule has 1 N–H and O–H groups in total. The van der Waals surface area contributed by atoms with Crippen LogP contribution in [0.3, 0.4) is 0 Å². The van der Waals surface area contributed by atoms with E-state index in [0.717, 1.165) is 25.9 Å². The van der Waals surface area contributed by atoms with E-state index in [-0.39, 0.29) is 5.82 Å². The second kappa shape index (κ2) is 8.03. The molecule has 1 saturated heterocycles. The minimum atomic E-state index is -0.811. The number of benzene rings is 1. The Bertz CT molecular complexity index is 693. The van der Waals surface area contributed by atoms with Crippen molar-refractivity contribution in [1.29, 1.82) is 0 Å². The first kappa shape index (κ1) is 18.0. The summed E-state index contributed by atoms with van der Waals surface area (Å²) >= 11 is 0. The van der Waals surface area contributed by atoms with Gasteiger partial charge in [-0.3, -0.25) is 9.80 Å². The van der Waals surface area contributed by atoms with Crippen molar-refractivity contribution in [2.24, 2.45) is 0 Å². The lowest BCUT2D eigenvalue weighted by molar-refractivity contribution is 0.117. The maximum absolute atomic E-state index is 13.8. The van der Waals surface area contributed by atoms with E-state index in [2.05, 4.69) is 19.9 Å². The number of aryl methyl sites for hydroxylation is 1. The fourth-order valence-corrected chi connectivity index (χ4v) is 3.28. The van der Waals surface area contributed by atoms with Gasteiger partial charge in [-0.25, -0.2) is 4.39 Å². The molecule has 1 aliphatic heterocycles. The van der Waals surface area contributed by atoms with Gasteiger partial charge in [-0.2, -0.15) is 4.98 Å². The summed E-state index contributed by atoms with van der Waals surface area (Å²) in [6.07, 6.45) is 0.926. The van der Waals surface area contributed by atoms with Crippen molar-refractivity contribution in [1.82, 2.24) is 19.9 Å². The molecular formula is C18H25FN4O2. The molecule has 6 nitrogen and oxygen atoms in total. The zero-order valence-corrected chi connectivity index (χ0v) is 14.7. The van der Waals surface area contributed by atoms with E-state index in [1.54, 1.807) is 18.2 Å². The third kappa shape index (κ3) is 4.42. The molecular weight excluding hydrogens is 323 g/mol. The predicted octanol–water partition coefficient (Wildman–Crippen LogP) is 2.01. The molecule has 2 aromatic rings. The summed E-state index contributed by atoms with van der Waals surface area (Å²) in [6.45, 7) is 4.77. The Balaban J connectivity index is 1.51. The largest absolute Gasteiger partial charge is 0.387 e. The van der Waals surface area contributed by atoms with Crippen LogP contribution in [0.4, 0.5) is 4.39 Å². The highest BCUT2D eigenvalue weighted by Crippen LogP contribution is 2.22. The summed E-state index contributed by atoms with van der Waals surface area (Å²) in [5.41, 5.74) is 0.359. The van der Waals surface area contributed by atoms with Gasteiger partial charge >= 0.3 is 0 Å². The Hall–Kier alpha value is -1.83. The van der Waals surface area contributed by atoms with Gasteiger partial charge in [-0.1, -0.05) is 30.3 Å². The molecule has 0 unspecified atom stereocenters. The standard InChI is InChI=1S/C18H25FN4O2/c1-3-18-20-17(21-25-18)12-22(2)13-8-9-23(10-13)11-16(24)14-6-4-5-7-15(14)19/h4-7,13,16,24H,3,8-12H2,1-2H3/t13-,16-/m0/s1. The van der Waals surface area contributed by atoms with Gasteiger partial charge in [-0.05, 0) is 26.1 Å². The van der Waals surface area contributed by atoms with E-state index >= 15 is 0 Å². The van der Waals surface area contributed by atoms with E-state index in [1.165, 1.54) is 6.07 Å². The third-order valence-corrected chi connectivity index (χ3v) is 4.77. The zero-order valence-electron chi connectivity index (χ0n) is 14.7. The fourth-order valence-electron chi connectivity index (χ4n) is 3.28. The van der Waals surface area contributed by atoms with Gasteiger partial charge in [0.15, 0.2) is 5.82 Å². The van der Waals surface area contributed by atoms with Crippen molar-refractivity contribution in [3.63, 3.8) is 0 Å². The average molecular weight is 348 g/mol. The van der Waals surface area contributed by atoms with E-state index in [0.29, 0.717) is 36.4 Å². The molecule has 3 rings (SSSR count). The van der Waals surface area contributed by atoms with Crippen LogP contribution >= 0.6 is 0 Å². The maximum Gasteiger partial charge on any atom is 0.226 e. The predicted molar refractivity (Wildman–Crippen MR) is 91.3 cm³/mol. The van der Waals surface area contributed by atoms with Gasteiger partial charge in [-0.15, -0.1) is 0 Å². The first-order valence-electron chi connectivity index (χ1n) is 8.73. The summed E-state index contributed by atoms with van der Waals surface area (Å²) in [5, 5.41) is 14.3. The van der Waals surface area contributed by atoms with Crippen molar-refractivity contribution in [2.45, 2.75) is 38.5 Å². The Morgan fingerprint density at radius 2 is 2.24 bits per heavy atom. The van der Waals surface area contributed by atoms with Crippen LogP contribution < -0.4 is 0 Å². The molecule has 1 aromatic heterocycles. The molecule has 1 aromatic carbocycles. The van der Waals surface area contributed by atoms with Crippen LogP contribution in [0.1, 0.15) is 36.7 Å². The van der Waals surface area contributed by atoms with Gasteiger partial charge < -0.3 is 9.63 Å². The van der Waals surface area contributed by atoms with E-state index < -0.39 is 6.10 Å². The Kier molecular flexibility index (Phi) is 5.78. The molecule has 0 radical (unpaired) electrons. The van der Waals surface area contributed by atoms with Gasteiger partial charge in [0.1, 0.15) is 5.82 Å². The van der Waals surface area contributed by atoms with E-state index in [9.17, 15) is 9.50 Å². The van der Waals surface area contributed by atoms with Crippen LogP contribution in [-0.4, -0.2) is 57.8 Å². The minimum Gasteiger partial charge on any atom is -0.387 e. The molecule has 0 amide bonds. The van der Waals surface area contributed by atoms with Crippen LogP contribution in [0.15, 0.2) is 28.8 Å². The first-order chi connectivity index (χ1) is 12.1. The molecule has 0 aliphatic carbocycles. The summed E-state index contributed by atoms with van der Waals surface area (Å²) in [7, 11) is 2.05. The summed E-state index contributed by atoms with van der Waals surface area (Å²) in [6, 6.07) is 6.76. The molecule has 0 spiro atoms. The molecule has 0 saturated carbocycles. The second-order valence-electron chi connectivity index (χ2n) is 6.61. The molecule has 7 heteroatoms. The number of nitrogens with zero attached hydrogens (tertiary/aromatic N) is 4. The highest BCUT2D eigenvalue weighted by Gasteiger charge is 2.28. The third-order valence-electron chi connectivity index (χ3n) is 4.77. The fraction of sp³-hybridized carbons (Fsp3) is 0.556. The highest BCUT2D eigenvalue weighted by molar-refractivity contribution is 5.20. The van der Waals surface area contributed by atoms with Gasteiger partial charge in [0, 0.05) is 31.1 Å². The monoisotopic (exact) mass is 348 g/mol. The van der Waals surface area contributed by atoms with Crippen molar-refractivity contribution < 1.29 is 14.0 Å². The SMILES string of the molecule is CCc1nc(CN(C)[C@H]2CCN(C[C@H](O)c3ccccc3F)C2)no1.